The number of amides is 1. The maximum atomic E-state index is 11.3. The summed E-state index contributed by atoms with van der Waals surface area (Å²) in [6.45, 7) is 1.60. The molecule has 7 heteroatoms. The van der Waals surface area contributed by atoms with Crippen molar-refractivity contribution >= 4 is 23.4 Å². The van der Waals surface area contributed by atoms with Gasteiger partial charge in [0, 0.05) is 19.2 Å². The van der Waals surface area contributed by atoms with Crippen LogP contribution >= 0.6 is 0 Å². The van der Waals surface area contributed by atoms with E-state index in [9.17, 15) is 14.9 Å². The van der Waals surface area contributed by atoms with Gasteiger partial charge in [0.05, 0.1) is 23.3 Å². The Morgan fingerprint density at radius 1 is 1.48 bits per heavy atom. The average Bonchev–Trinajstić information content (AvgIpc) is 2.48. The van der Waals surface area contributed by atoms with E-state index < -0.39 is 4.92 Å². The molecule has 0 unspecified atom stereocenters. The van der Waals surface area contributed by atoms with Gasteiger partial charge in [0.25, 0.3) is 5.69 Å². The number of hydrogen-bond donors (Lipinski definition) is 1. The monoisotopic (exact) mass is 291 g/mol. The summed E-state index contributed by atoms with van der Waals surface area (Å²) in [4.78, 5) is 23.6. The molecule has 0 spiro atoms. The fourth-order valence-electron chi connectivity index (χ4n) is 2.34. The third kappa shape index (κ3) is 3.19. The molecule has 1 aromatic carbocycles. The van der Waals surface area contributed by atoms with Gasteiger partial charge in [0.15, 0.2) is 0 Å². The Hall–Kier alpha value is -2.41. The minimum Gasteiger partial charge on any atom is -0.495 e. The molecule has 0 bridgehead atoms. The number of nitrogens with one attached hydrogen (secondary N) is 1. The normalized spacial score (nSPS) is 15.2. The van der Waals surface area contributed by atoms with Crippen molar-refractivity contribution in [2.24, 2.45) is 0 Å². The van der Waals surface area contributed by atoms with Crippen LogP contribution in [0.5, 0.6) is 5.75 Å². The number of nitro groups is 1. The van der Waals surface area contributed by atoms with E-state index in [2.05, 4.69) is 10.2 Å². The molecule has 0 atom stereocenters. The van der Waals surface area contributed by atoms with Gasteiger partial charge in [0.2, 0.25) is 6.41 Å². The van der Waals surface area contributed by atoms with E-state index in [4.69, 9.17) is 4.74 Å². The summed E-state index contributed by atoms with van der Waals surface area (Å²) in [5.74, 6) is 0.405. The van der Waals surface area contributed by atoms with E-state index >= 15 is 0 Å². The lowest BCUT2D eigenvalue weighted by Crippen LogP contribution is -2.23. The number of rotatable bonds is 5. The zero-order chi connectivity index (χ0) is 15.4. The second-order valence-corrected chi connectivity index (χ2v) is 4.83. The van der Waals surface area contributed by atoms with Crippen molar-refractivity contribution in [3.63, 3.8) is 0 Å². The standard InChI is InChI=1S/C14H17N3O4/c1-16-5-3-10(4-6-16)11-7-14(21-2)12(15-9-18)8-13(11)17(19)20/h3,7-9H,4-6H2,1-2H3,(H,15,18). The van der Waals surface area contributed by atoms with E-state index in [1.54, 1.807) is 6.07 Å². The Morgan fingerprint density at radius 3 is 2.76 bits per heavy atom. The van der Waals surface area contributed by atoms with Crippen molar-refractivity contribution in [3.05, 3.63) is 33.9 Å². The van der Waals surface area contributed by atoms with Crippen LogP contribution in [0.3, 0.4) is 0 Å². The first-order valence-electron chi connectivity index (χ1n) is 6.51. The largest absolute Gasteiger partial charge is 0.495 e. The van der Waals surface area contributed by atoms with E-state index in [1.165, 1.54) is 13.2 Å². The second-order valence-electron chi connectivity index (χ2n) is 4.83. The Bertz CT molecular complexity index is 598. The third-order valence-corrected chi connectivity index (χ3v) is 3.49. The molecule has 0 aromatic heterocycles. The van der Waals surface area contributed by atoms with Gasteiger partial charge in [-0.2, -0.15) is 0 Å². The first kappa shape index (κ1) is 15.0. The summed E-state index contributed by atoms with van der Waals surface area (Å²) < 4.78 is 5.20. The zero-order valence-electron chi connectivity index (χ0n) is 12.0. The number of carbonyl (C=O) groups is 1. The fraction of sp³-hybridized carbons (Fsp3) is 0.357. The van der Waals surface area contributed by atoms with Gasteiger partial charge in [-0.25, -0.2) is 0 Å². The van der Waals surface area contributed by atoms with E-state index in [-0.39, 0.29) is 11.4 Å². The lowest BCUT2D eigenvalue weighted by molar-refractivity contribution is -0.385. The molecule has 2 rings (SSSR count). The summed E-state index contributed by atoms with van der Waals surface area (Å²) in [5, 5.41) is 13.7. The van der Waals surface area contributed by atoms with Crippen LogP contribution in [0.15, 0.2) is 18.2 Å². The van der Waals surface area contributed by atoms with E-state index in [0.717, 1.165) is 25.1 Å². The predicted octanol–water partition coefficient (Wildman–Crippen LogP) is 1.89. The van der Waals surface area contributed by atoms with Gasteiger partial charge in [-0.05, 0) is 25.1 Å². The smallest absolute Gasteiger partial charge is 0.279 e. The Labute approximate surface area is 122 Å². The Balaban J connectivity index is 2.53. The van der Waals surface area contributed by atoms with Crippen molar-refractivity contribution in [2.75, 3.05) is 32.6 Å². The van der Waals surface area contributed by atoms with Gasteiger partial charge in [-0.1, -0.05) is 6.08 Å². The molecule has 1 aliphatic heterocycles. The highest BCUT2D eigenvalue weighted by molar-refractivity contribution is 5.83. The number of benzene rings is 1. The van der Waals surface area contributed by atoms with Gasteiger partial charge in [-0.15, -0.1) is 0 Å². The molecule has 7 nitrogen and oxygen atoms in total. The molecule has 1 heterocycles. The number of nitro benzene ring substituents is 1. The molecule has 0 saturated carbocycles. The van der Waals surface area contributed by atoms with Gasteiger partial charge in [-0.3, -0.25) is 14.9 Å². The lowest BCUT2D eigenvalue weighted by Gasteiger charge is -2.22. The lowest BCUT2D eigenvalue weighted by atomic mass is 9.97. The maximum absolute atomic E-state index is 11.3. The number of likely N-dealkylation sites (N-methyl/N-ethyl adjacent to an activating group) is 1. The molecule has 21 heavy (non-hydrogen) atoms. The number of ether oxygens (including phenoxy) is 1. The molecule has 0 fully saturated rings. The van der Waals surface area contributed by atoms with Crippen LogP contribution in [0, 0.1) is 10.1 Å². The summed E-state index contributed by atoms with van der Waals surface area (Å²) in [6, 6.07) is 2.95. The number of carbonyl (C=O) groups excluding carboxylic acids is 1. The first-order chi connectivity index (χ1) is 10.1. The van der Waals surface area contributed by atoms with Gasteiger partial charge >= 0.3 is 0 Å². The molecule has 1 amide bonds. The minimum atomic E-state index is -0.441. The summed E-state index contributed by atoms with van der Waals surface area (Å²) >= 11 is 0. The number of nitrogens with zero attached hydrogens (tertiary/aromatic N) is 2. The highest BCUT2D eigenvalue weighted by atomic mass is 16.6. The molecular formula is C14H17N3O4. The summed E-state index contributed by atoms with van der Waals surface area (Å²) in [7, 11) is 3.46. The van der Waals surface area contributed by atoms with Crippen molar-refractivity contribution in [2.45, 2.75) is 6.42 Å². The SMILES string of the molecule is COc1cc(C2=CCN(C)CC2)c([N+](=O)[O-])cc1NC=O. The second kappa shape index (κ2) is 6.36. The van der Waals surface area contributed by atoms with E-state index in [1.807, 2.05) is 13.1 Å². The molecule has 112 valence electrons. The Morgan fingerprint density at radius 2 is 2.24 bits per heavy atom. The highest BCUT2D eigenvalue weighted by Gasteiger charge is 2.22. The van der Waals surface area contributed by atoms with Crippen LogP contribution < -0.4 is 10.1 Å². The summed E-state index contributed by atoms with van der Waals surface area (Å²) in [6.07, 6.45) is 3.19. The molecule has 1 aliphatic rings. The van der Waals surface area contributed by atoms with Gasteiger partial charge < -0.3 is 15.0 Å². The maximum Gasteiger partial charge on any atom is 0.279 e. The molecular weight excluding hydrogens is 274 g/mol. The Kier molecular flexibility index (Phi) is 4.54. The van der Waals surface area contributed by atoms with Crippen molar-refractivity contribution < 1.29 is 14.5 Å². The molecule has 1 aromatic rings. The third-order valence-electron chi connectivity index (χ3n) is 3.49. The van der Waals surface area contributed by atoms with Crippen LogP contribution in [0.4, 0.5) is 11.4 Å². The van der Waals surface area contributed by atoms with Crippen LogP contribution in [-0.4, -0.2) is 43.5 Å². The fourth-order valence-corrected chi connectivity index (χ4v) is 2.34. The highest BCUT2D eigenvalue weighted by Crippen LogP contribution is 2.37. The topological polar surface area (TPSA) is 84.7 Å². The predicted molar refractivity (Wildman–Crippen MR) is 79.4 cm³/mol. The van der Waals surface area contributed by atoms with E-state index in [0.29, 0.717) is 17.7 Å². The molecule has 0 aliphatic carbocycles. The molecule has 0 saturated heterocycles. The summed E-state index contributed by atoms with van der Waals surface area (Å²) in [5.41, 5.74) is 1.73. The van der Waals surface area contributed by atoms with Crippen molar-refractivity contribution in [1.29, 1.82) is 0 Å². The average molecular weight is 291 g/mol. The van der Waals surface area contributed by atoms with Gasteiger partial charge in [0.1, 0.15) is 5.75 Å². The van der Waals surface area contributed by atoms with Crippen LogP contribution in [-0.2, 0) is 4.79 Å². The minimum absolute atomic E-state index is 0.0315. The quantitative estimate of drug-likeness (QED) is 0.508. The van der Waals surface area contributed by atoms with Crippen LogP contribution in [0.1, 0.15) is 12.0 Å². The number of hydrogen-bond acceptors (Lipinski definition) is 5. The molecule has 1 N–H and O–H groups in total. The number of methoxy groups -OCH3 is 1. The number of anilines is 1. The van der Waals surface area contributed by atoms with Crippen LogP contribution in [0.25, 0.3) is 5.57 Å². The molecule has 0 radical (unpaired) electrons. The van der Waals surface area contributed by atoms with Crippen molar-refractivity contribution in [1.82, 2.24) is 4.90 Å². The van der Waals surface area contributed by atoms with Crippen molar-refractivity contribution in [3.8, 4) is 5.75 Å². The van der Waals surface area contributed by atoms with Crippen LogP contribution in [0.2, 0.25) is 0 Å². The zero-order valence-corrected chi connectivity index (χ0v) is 12.0. The first-order valence-corrected chi connectivity index (χ1v) is 6.51.